The lowest BCUT2D eigenvalue weighted by Gasteiger charge is -2.21. The van der Waals surface area contributed by atoms with Gasteiger partial charge in [-0.15, -0.1) is 0 Å². The smallest absolute Gasteiger partial charge is 0.262 e. The molecule has 12 heteroatoms. The van der Waals surface area contributed by atoms with E-state index in [0.717, 1.165) is 22.5 Å². The summed E-state index contributed by atoms with van der Waals surface area (Å²) in [6, 6.07) is 29.3. The summed E-state index contributed by atoms with van der Waals surface area (Å²) < 4.78 is 5.79. The van der Waals surface area contributed by atoms with Crippen LogP contribution in [-0.2, 0) is 0 Å². The molecule has 2 aromatic carbocycles. The molecule has 0 aliphatic heterocycles. The molecular formula is C34H30N6O4P2. The molecule has 0 unspecified atom stereocenters. The lowest BCUT2D eigenvalue weighted by atomic mass is 10.0. The highest BCUT2D eigenvalue weighted by Crippen LogP contribution is 2.44. The molecule has 6 aromatic rings. The molecule has 0 saturated heterocycles. The van der Waals surface area contributed by atoms with Gasteiger partial charge in [-0.3, -0.25) is 37.4 Å². The summed E-state index contributed by atoms with van der Waals surface area (Å²) in [6.45, 7) is 0. The first kappa shape index (κ1) is 30.7. The summed E-state index contributed by atoms with van der Waals surface area (Å²) in [4.78, 5) is 53.8. The van der Waals surface area contributed by atoms with Crippen molar-refractivity contribution in [1.82, 2.24) is 18.3 Å². The molecule has 0 aliphatic rings. The summed E-state index contributed by atoms with van der Waals surface area (Å²) in [5.41, 5.74) is 2.02. The second-order valence-electron chi connectivity index (χ2n) is 10.1. The Morgan fingerprint density at radius 2 is 0.674 bits per heavy atom. The number of benzene rings is 2. The van der Waals surface area contributed by atoms with Crippen LogP contribution in [0.2, 0.25) is 0 Å². The largest absolute Gasteiger partial charge is 0.380 e. The van der Waals surface area contributed by atoms with Crippen LogP contribution in [0.1, 0.15) is 0 Å². The number of hydrogen-bond acceptors (Lipinski definition) is 6. The molecule has 6 rings (SSSR count). The Kier molecular flexibility index (Phi) is 9.48. The normalized spacial score (nSPS) is 11.1. The number of nitrogens with one attached hydrogen (secondary N) is 2. The maximum Gasteiger partial charge on any atom is 0.262 e. The molecule has 0 bridgehead atoms. The van der Waals surface area contributed by atoms with E-state index in [0.29, 0.717) is 0 Å². The Balaban J connectivity index is 1.26. The molecule has 0 atom stereocenters. The van der Waals surface area contributed by atoms with Gasteiger partial charge in [0.05, 0.1) is 12.6 Å². The molecule has 230 valence electrons. The summed E-state index contributed by atoms with van der Waals surface area (Å²) in [6.07, 6.45) is 13.4. The van der Waals surface area contributed by atoms with Crippen molar-refractivity contribution < 1.29 is 19.2 Å². The number of para-hydroxylation sites is 2. The SMILES string of the molecule is O=C(n1cccc1)P(CNc1ccccc1-c1ccccc1NCP(C(=O)n1cccc1)C(=O)n1cccc1)C(=O)n1cccc1. The maximum absolute atomic E-state index is 13.5. The van der Waals surface area contributed by atoms with E-state index in [1.165, 1.54) is 18.3 Å². The minimum atomic E-state index is -1.82. The van der Waals surface area contributed by atoms with Gasteiger partial charge < -0.3 is 10.6 Å². The lowest BCUT2D eigenvalue weighted by Crippen LogP contribution is -2.20. The molecule has 2 N–H and O–H groups in total. The van der Waals surface area contributed by atoms with Crippen molar-refractivity contribution in [1.29, 1.82) is 0 Å². The fourth-order valence-corrected chi connectivity index (χ4v) is 8.09. The van der Waals surface area contributed by atoms with Crippen molar-refractivity contribution in [2.45, 2.75) is 0 Å². The van der Waals surface area contributed by atoms with E-state index in [2.05, 4.69) is 10.6 Å². The molecule has 10 nitrogen and oxygen atoms in total. The number of anilines is 2. The summed E-state index contributed by atoms with van der Waals surface area (Å²) in [5, 5.41) is 6.77. The fraction of sp³-hybridized carbons (Fsp3) is 0.0588. The zero-order valence-corrected chi connectivity index (χ0v) is 26.4. The second-order valence-corrected chi connectivity index (χ2v) is 14.0. The van der Waals surface area contributed by atoms with Crippen LogP contribution in [0, 0.1) is 0 Å². The minimum Gasteiger partial charge on any atom is -0.380 e. The first-order valence-electron chi connectivity index (χ1n) is 14.4. The number of carbonyl (C=O) groups excluding carboxylic acids is 4. The van der Waals surface area contributed by atoms with Crippen LogP contribution in [-0.4, -0.2) is 53.4 Å². The highest BCUT2D eigenvalue weighted by Gasteiger charge is 2.30. The van der Waals surface area contributed by atoms with Crippen molar-refractivity contribution >= 4 is 49.8 Å². The van der Waals surface area contributed by atoms with E-state index >= 15 is 0 Å². The van der Waals surface area contributed by atoms with E-state index in [4.69, 9.17) is 0 Å². The van der Waals surface area contributed by atoms with Gasteiger partial charge in [0.2, 0.25) is 0 Å². The number of rotatable bonds is 11. The highest BCUT2D eigenvalue weighted by atomic mass is 31.1. The zero-order valence-electron chi connectivity index (χ0n) is 24.6. The van der Waals surface area contributed by atoms with E-state index < -0.39 is 15.8 Å². The Morgan fingerprint density at radius 3 is 0.957 bits per heavy atom. The third-order valence-corrected chi connectivity index (χ3v) is 10.9. The standard InChI is InChI=1S/C34H30N6O4P2/c41-31(37-17-5-6-18-37)45(32(42)38-19-7-8-20-38)25-35-29-15-3-1-13-27(29)28-14-2-4-16-30(28)36-26-46(33(43)39-21-9-10-22-39)34(44)40-23-11-12-24-40/h1-24,35-36H,25-26H2. The third-order valence-electron chi connectivity index (χ3n) is 7.22. The Hall–Kier alpha value is -5.30. The average Bonchev–Trinajstić information content (AvgIpc) is 3.93. The maximum atomic E-state index is 13.5. The van der Waals surface area contributed by atoms with Gasteiger partial charge in [0.15, 0.2) is 0 Å². The van der Waals surface area contributed by atoms with Gasteiger partial charge in [-0.25, -0.2) is 0 Å². The van der Waals surface area contributed by atoms with Crippen molar-refractivity contribution in [2.24, 2.45) is 0 Å². The molecule has 0 aliphatic carbocycles. The van der Waals surface area contributed by atoms with Crippen LogP contribution >= 0.6 is 15.8 Å². The van der Waals surface area contributed by atoms with Crippen molar-refractivity contribution in [2.75, 3.05) is 23.2 Å². The fourth-order valence-electron chi connectivity index (χ4n) is 4.91. The first-order valence-corrected chi connectivity index (χ1v) is 17.5. The van der Waals surface area contributed by atoms with Gasteiger partial charge in [0.1, 0.15) is 15.8 Å². The average molecular weight is 649 g/mol. The molecule has 0 saturated carbocycles. The summed E-state index contributed by atoms with van der Waals surface area (Å²) >= 11 is 0. The quantitative estimate of drug-likeness (QED) is 0.136. The predicted octanol–water partition coefficient (Wildman–Crippen LogP) is 8.94. The molecule has 4 heterocycles. The van der Waals surface area contributed by atoms with Crippen LogP contribution in [0.3, 0.4) is 0 Å². The van der Waals surface area contributed by atoms with Crippen molar-refractivity contribution in [3.8, 4) is 11.1 Å². The lowest BCUT2D eigenvalue weighted by molar-refractivity contribution is 0.255. The molecule has 46 heavy (non-hydrogen) atoms. The topological polar surface area (TPSA) is 112 Å². The molecule has 0 spiro atoms. The third kappa shape index (κ3) is 6.69. The molecule has 0 radical (unpaired) electrons. The molecule has 0 amide bonds. The Bertz CT molecular complexity index is 1700. The van der Waals surface area contributed by atoms with Gasteiger partial charge in [0, 0.05) is 72.1 Å². The van der Waals surface area contributed by atoms with Crippen LogP contribution in [0.4, 0.5) is 30.6 Å². The van der Waals surface area contributed by atoms with Gasteiger partial charge in [-0.1, -0.05) is 36.4 Å². The van der Waals surface area contributed by atoms with Crippen LogP contribution in [0.25, 0.3) is 11.1 Å². The number of aromatic nitrogens is 4. The minimum absolute atomic E-state index is 0.123. The number of hydrogen-bond donors (Lipinski definition) is 2. The van der Waals surface area contributed by atoms with Gasteiger partial charge in [-0.2, -0.15) is 0 Å². The van der Waals surface area contributed by atoms with Gasteiger partial charge in [0.25, 0.3) is 22.6 Å². The second kappa shape index (κ2) is 14.2. The van der Waals surface area contributed by atoms with Crippen LogP contribution in [0.15, 0.2) is 147 Å². The number of carbonyl (C=O) groups is 4. The monoisotopic (exact) mass is 648 g/mol. The Morgan fingerprint density at radius 1 is 0.413 bits per heavy atom. The highest BCUT2D eigenvalue weighted by molar-refractivity contribution is 7.89. The van der Waals surface area contributed by atoms with E-state index in [1.807, 2.05) is 48.5 Å². The van der Waals surface area contributed by atoms with Crippen LogP contribution in [0.5, 0.6) is 0 Å². The predicted molar refractivity (Wildman–Crippen MR) is 184 cm³/mol. The zero-order chi connectivity index (χ0) is 31.9. The number of nitrogens with zero attached hydrogens (tertiary/aromatic N) is 4. The van der Waals surface area contributed by atoms with Crippen LogP contribution < -0.4 is 10.6 Å². The molecule has 4 aromatic heterocycles. The summed E-state index contributed by atoms with van der Waals surface area (Å²) in [5.74, 6) is 0. The van der Waals surface area contributed by atoms with E-state index in [1.54, 1.807) is 98.1 Å². The van der Waals surface area contributed by atoms with Crippen molar-refractivity contribution in [3.63, 3.8) is 0 Å². The van der Waals surface area contributed by atoms with E-state index in [9.17, 15) is 19.2 Å². The van der Waals surface area contributed by atoms with E-state index in [-0.39, 0.29) is 35.2 Å². The Labute approximate surface area is 267 Å². The van der Waals surface area contributed by atoms with Gasteiger partial charge in [-0.05, 0) is 60.7 Å². The van der Waals surface area contributed by atoms with Gasteiger partial charge >= 0.3 is 0 Å². The molecular weight excluding hydrogens is 618 g/mol. The van der Waals surface area contributed by atoms with Crippen molar-refractivity contribution in [3.05, 3.63) is 147 Å². The molecule has 0 fully saturated rings. The summed E-state index contributed by atoms with van der Waals surface area (Å²) in [7, 11) is -3.64. The first-order chi connectivity index (χ1) is 22.5.